The van der Waals surface area contributed by atoms with Gasteiger partial charge in [-0.15, -0.1) is 0 Å². The first-order chi connectivity index (χ1) is 12.0. The molecule has 25 heavy (non-hydrogen) atoms. The highest BCUT2D eigenvalue weighted by Crippen LogP contribution is 2.27. The Kier molecular flexibility index (Phi) is 4.72. The Labute approximate surface area is 152 Å². The van der Waals surface area contributed by atoms with Crippen LogP contribution in [0.4, 0.5) is 5.69 Å². The minimum atomic E-state index is -0.115. The van der Waals surface area contributed by atoms with Gasteiger partial charge in [-0.3, -0.25) is 4.79 Å². The van der Waals surface area contributed by atoms with Crippen molar-refractivity contribution in [2.24, 2.45) is 0 Å². The second-order valence-corrected chi connectivity index (χ2v) is 6.18. The van der Waals surface area contributed by atoms with Crippen LogP contribution >= 0.6 is 12.2 Å². The molecule has 2 aromatic carbocycles. The Morgan fingerprint density at radius 3 is 2.84 bits per heavy atom. The maximum absolute atomic E-state index is 12.2. The van der Waals surface area contributed by atoms with Gasteiger partial charge in [-0.2, -0.15) is 0 Å². The Morgan fingerprint density at radius 2 is 2.08 bits per heavy atom. The van der Waals surface area contributed by atoms with Crippen molar-refractivity contribution in [2.75, 3.05) is 19.5 Å². The van der Waals surface area contributed by atoms with E-state index in [1.807, 2.05) is 54.4 Å². The zero-order chi connectivity index (χ0) is 18.0. The molecule has 5 nitrogen and oxygen atoms in total. The summed E-state index contributed by atoms with van der Waals surface area (Å²) in [7, 11) is 3.51. The number of amides is 1. The maximum Gasteiger partial charge on any atom is 0.256 e. The summed E-state index contributed by atoms with van der Waals surface area (Å²) in [6.07, 6.45) is 0. The van der Waals surface area contributed by atoms with E-state index < -0.39 is 0 Å². The fourth-order valence-electron chi connectivity index (χ4n) is 2.77. The molecule has 0 fully saturated rings. The molecule has 0 saturated carbocycles. The van der Waals surface area contributed by atoms with Gasteiger partial charge in [0.25, 0.3) is 5.91 Å². The summed E-state index contributed by atoms with van der Waals surface area (Å²) in [5.74, 6) is 0.641. The van der Waals surface area contributed by atoms with Crippen LogP contribution in [-0.4, -0.2) is 30.1 Å². The number of fused-ring (bicyclic) bond motifs is 1. The van der Waals surface area contributed by atoms with E-state index in [1.165, 1.54) is 0 Å². The molecule has 0 aromatic heterocycles. The lowest BCUT2D eigenvalue weighted by Gasteiger charge is -2.22. The van der Waals surface area contributed by atoms with Gasteiger partial charge in [-0.05, 0) is 29.9 Å². The number of carbonyl (C=O) groups excluding carboxylic acids is 1. The smallest absolute Gasteiger partial charge is 0.256 e. The van der Waals surface area contributed by atoms with Crippen molar-refractivity contribution in [3.8, 4) is 5.75 Å². The van der Waals surface area contributed by atoms with Crippen LogP contribution in [0.1, 0.15) is 21.5 Å². The Bertz CT molecular complexity index is 863. The molecule has 128 valence electrons. The van der Waals surface area contributed by atoms with E-state index in [2.05, 4.69) is 17.2 Å². The first-order valence-corrected chi connectivity index (χ1v) is 8.19. The van der Waals surface area contributed by atoms with Crippen molar-refractivity contribution in [1.82, 2.24) is 10.2 Å². The number of ether oxygens (including phenoxy) is 1. The lowest BCUT2D eigenvalue weighted by atomic mass is 10.0. The van der Waals surface area contributed by atoms with Gasteiger partial charge in [-0.1, -0.05) is 30.8 Å². The van der Waals surface area contributed by atoms with Crippen LogP contribution in [0.25, 0.3) is 5.70 Å². The fourth-order valence-corrected chi connectivity index (χ4v) is 2.95. The molecule has 1 aliphatic heterocycles. The average molecular weight is 353 g/mol. The summed E-state index contributed by atoms with van der Waals surface area (Å²) < 4.78 is 5.22. The average Bonchev–Trinajstić information content (AvgIpc) is 2.90. The number of rotatable bonds is 4. The van der Waals surface area contributed by atoms with E-state index in [0.717, 1.165) is 22.6 Å². The summed E-state index contributed by atoms with van der Waals surface area (Å²) in [6.45, 7) is 4.39. The maximum atomic E-state index is 12.2. The van der Waals surface area contributed by atoms with E-state index in [4.69, 9.17) is 17.0 Å². The third kappa shape index (κ3) is 3.49. The van der Waals surface area contributed by atoms with Crippen LogP contribution < -0.4 is 15.4 Å². The molecule has 0 radical (unpaired) electrons. The third-order valence-corrected chi connectivity index (χ3v) is 4.46. The van der Waals surface area contributed by atoms with Crippen molar-refractivity contribution in [1.29, 1.82) is 0 Å². The largest absolute Gasteiger partial charge is 0.497 e. The molecule has 0 spiro atoms. The van der Waals surface area contributed by atoms with Crippen LogP contribution in [0.3, 0.4) is 0 Å². The third-order valence-electron chi connectivity index (χ3n) is 4.04. The van der Waals surface area contributed by atoms with Crippen molar-refractivity contribution in [3.63, 3.8) is 0 Å². The van der Waals surface area contributed by atoms with Crippen molar-refractivity contribution in [3.05, 3.63) is 65.7 Å². The topological polar surface area (TPSA) is 53.6 Å². The zero-order valence-corrected chi connectivity index (χ0v) is 14.9. The molecule has 0 saturated heterocycles. The molecule has 3 rings (SSSR count). The minimum absolute atomic E-state index is 0.115. The molecule has 0 unspecified atom stereocenters. The van der Waals surface area contributed by atoms with Gasteiger partial charge in [0.15, 0.2) is 5.11 Å². The SMILES string of the molecule is C=C1NC(=O)c2c(CN(C)C(=S)Nc3cccc(OC)c3)cccc21. The highest BCUT2D eigenvalue weighted by atomic mass is 32.1. The van der Waals surface area contributed by atoms with E-state index >= 15 is 0 Å². The van der Waals surface area contributed by atoms with E-state index in [1.54, 1.807) is 7.11 Å². The predicted molar refractivity (Wildman–Crippen MR) is 104 cm³/mol. The molecule has 1 amide bonds. The molecule has 2 aromatic rings. The van der Waals surface area contributed by atoms with Crippen LogP contribution in [0.15, 0.2) is 49.0 Å². The highest BCUT2D eigenvalue weighted by Gasteiger charge is 2.25. The number of nitrogens with zero attached hydrogens (tertiary/aromatic N) is 1. The molecule has 1 heterocycles. The van der Waals surface area contributed by atoms with E-state index in [0.29, 0.717) is 22.9 Å². The molecule has 6 heteroatoms. The monoisotopic (exact) mass is 353 g/mol. The number of hydrogen-bond acceptors (Lipinski definition) is 3. The van der Waals surface area contributed by atoms with Gasteiger partial charge in [0.1, 0.15) is 5.75 Å². The molecule has 2 N–H and O–H groups in total. The molecule has 0 atom stereocenters. The predicted octanol–water partition coefficient (Wildman–Crippen LogP) is 3.24. The first-order valence-electron chi connectivity index (χ1n) is 7.78. The van der Waals surface area contributed by atoms with Crippen LogP contribution in [0.5, 0.6) is 5.75 Å². The molecular weight excluding hydrogens is 334 g/mol. The van der Waals surface area contributed by atoms with Gasteiger partial charge in [0, 0.05) is 36.6 Å². The minimum Gasteiger partial charge on any atom is -0.497 e. The Morgan fingerprint density at radius 1 is 1.32 bits per heavy atom. The normalized spacial score (nSPS) is 12.4. The van der Waals surface area contributed by atoms with Crippen molar-refractivity contribution < 1.29 is 9.53 Å². The summed E-state index contributed by atoms with van der Waals surface area (Å²) in [5.41, 5.74) is 3.92. The van der Waals surface area contributed by atoms with Crippen LogP contribution in [-0.2, 0) is 6.54 Å². The van der Waals surface area contributed by atoms with Gasteiger partial charge < -0.3 is 20.3 Å². The number of benzene rings is 2. The summed E-state index contributed by atoms with van der Waals surface area (Å²) in [6, 6.07) is 13.3. The number of nitrogens with one attached hydrogen (secondary N) is 2. The van der Waals surface area contributed by atoms with E-state index in [9.17, 15) is 4.79 Å². The second kappa shape index (κ2) is 6.94. The lowest BCUT2D eigenvalue weighted by molar-refractivity contribution is 0.0980. The van der Waals surface area contributed by atoms with Gasteiger partial charge in [0.05, 0.1) is 12.7 Å². The fraction of sp³-hybridized carbons (Fsp3) is 0.158. The quantitative estimate of drug-likeness (QED) is 0.827. The number of methoxy groups -OCH3 is 1. The Hall–Kier alpha value is -2.86. The summed E-state index contributed by atoms with van der Waals surface area (Å²) in [5, 5.41) is 6.51. The number of carbonyl (C=O) groups is 1. The van der Waals surface area contributed by atoms with Crippen molar-refractivity contribution in [2.45, 2.75) is 6.54 Å². The summed E-state index contributed by atoms with van der Waals surface area (Å²) in [4.78, 5) is 14.0. The standard InChI is InChI=1S/C19H19N3O2S/c1-12-16-9-4-6-13(17(16)18(23)20-12)11-22(2)19(25)21-14-7-5-8-15(10-14)24-3/h4-10H,1,11H2,2-3H3,(H,20,23)(H,21,25). The van der Waals surface area contributed by atoms with Crippen molar-refractivity contribution >= 4 is 34.6 Å². The second-order valence-electron chi connectivity index (χ2n) is 5.79. The number of thiocarbonyl (C=S) groups is 1. The molecule has 0 bridgehead atoms. The first kappa shape index (κ1) is 17.0. The number of hydrogen-bond donors (Lipinski definition) is 2. The van der Waals surface area contributed by atoms with E-state index in [-0.39, 0.29) is 5.91 Å². The number of anilines is 1. The lowest BCUT2D eigenvalue weighted by Crippen LogP contribution is -2.31. The van der Waals surface area contributed by atoms with Gasteiger partial charge in [0.2, 0.25) is 0 Å². The highest BCUT2D eigenvalue weighted by molar-refractivity contribution is 7.80. The zero-order valence-electron chi connectivity index (χ0n) is 14.1. The van der Waals surface area contributed by atoms with Gasteiger partial charge in [-0.25, -0.2) is 0 Å². The molecule has 0 aliphatic carbocycles. The summed E-state index contributed by atoms with van der Waals surface area (Å²) >= 11 is 5.47. The Balaban J connectivity index is 1.74. The molecule has 1 aliphatic rings. The molecular formula is C19H19N3O2S. The van der Waals surface area contributed by atoms with Gasteiger partial charge >= 0.3 is 0 Å². The van der Waals surface area contributed by atoms with Crippen LogP contribution in [0, 0.1) is 0 Å². The van der Waals surface area contributed by atoms with Crippen LogP contribution in [0.2, 0.25) is 0 Å².